The number of nitrogens with zero attached hydrogens (tertiary/aromatic N) is 3. The van der Waals surface area contributed by atoms with Gasteiger partial charge in [-0.15, -0.1) is 4.91 Å². The Balaban J connectivity index is 2.56. The van der Waals surface area contributed by atoms with E-state index in [0.29, 0.717) is 17.0 Å². The van der Waals surface area contributed by atoms with E-state index in [2.05, 4.69) is 23.7 Å². The van der Waals surface area contributed by atoms with E-state index in [1.54, 1.807) is 56.3 Å². The van der Waals surface area contributed by atoms with Crippen LogP contribution in [0.15, 0.2) is 88.4 Å². The molecule has 0 unspecified atom stereocenters. The number of aliphatic hydroxyl groups excluding tert-OH is 3. The summed E-state index contributed by atoms with van der Waals surface area (Å²) < 4.78 is 5.29. The van der Waals surface area contributed by atoms with Crippen molar-refractivity contribution >= 4 is 23.6 Å². The smallest absolute Gasteiger partial charge is 0.412 e. The molecule has 6 N–H and O–H groups in total. The van der Waals surface area contributed by atoms with Gasteiger partial charge in [0, 0.05) is 44.2 Å². The summed E-state index contributed by atoms with van der Waals surface area (Å²) in [6, 6.07) is 5.62. The number of hydrogen-bond acceptors (Lipinski definition) is 12. The van der Waals surface area contributed by atoms with Gasteiger partial charge in [-0.25, -0.2) is 4.79 Å². The minimum atomic E-state index is -2.51. The van der Waals surface area contributed by atoms with Crippen molar-refractivity contribution in [3.8, 4) is 5.75 Å². The van der Waals surface area contributed by atoms with Crippen LogP contribution in [0.25, 0.3) is 0 Å². The van der Waals surface area contributed by atoms with Gasteiger partial charge in [-0.2, -0.15) is 0 Å². The molecule has 2 amide bonds. The van der Waals surface area contributed by atoms with Crippen molar-refractivity contribution in [1.29, 1.82) is 0 Å². The molecule has 1 aliphatic rings. The third-order valence-corrected chi connectivity index (χ3v) is 8.43. The largest absolute Gasteiger partial charge is 0.510 e. The van der Waals surface area contributed by atoms with Crippen LogP contribution < -0.4 is 15.8 Å². The molecule has 0 heterocycles. The molecule has 1 aliphatic carbocycles. The van der Waals surface area contributed by atoms with Gasteiger partial charge in [0.2, 0.25) is 5.54 Å². The Morgan fingerprint density at radius 3 is 2.14 bits per heavy atom. The maximum atomic E-state index is 13.5. The van der Waals surface area contributed by atoms with E-state index in [9.17, 15) is 39.4 Å². The predicted octanol–water partition coefficient (Wildman–Crippen LogP) is 4.30. The van der Waals surface area contributed by atoms with E-state index in [4.69, 9.17) is 10.5 Å². The number of carbonyl (C=O) groups excluding carboxylic acids is 4. The van der Waals surface area contributed by atoms with Crippen molar-refractivity contribution in [2.45, 2.75) is 51.6 Å². The number of nitroso groups, excluding NO2 is 1. The monoisotopic (exact) mass is 681 g/mol. The maximum absolute atomic E-state index is 13.5. The van der Waals surface area contributed by atoms with Gasteiger partial charge in [0.1, 0.15) is 34.4 Å². The van der Waals surface area contributed by atoms with Crippen molar-refractivity contribution in [3.63, 3.8) is 0 Å². The number of benzene rings is 1. The summed E-state index contributed by atoms with van der Waals surface area (Å²) in [5, 5.41) is 37.8. The van der Waals surface area contributed by atoms with Crippen LogP contribution in [-0.4, -0.2) is 95.0 Å². The molecule has 14 heteroatoms. The molecule has 0 fully saturated rings. The van der Waals surface area contributed by atoms with Crippen LogP contribution in [0.3, 0.4) is 0 Å². The lowest BCUT2D eigenvalue weighted by molar-refractivity contribution is -0.128. The Bertz CT molecular complexity index is 1590. The molecule has 0 radical (unpaired) electrons. The normalized spacial score (nSPS) is 20.7. The summed E-state index contributed by atoms with van der Waals surface area (Å²) in [7, 11) is 6.53. The molecular weight excluding hydrogens is 634 g/mol. The summed E-state index contributed by atoms with van der Waals surface area (Å²) in [5.41, 5.74) is 4.56. The van der Waals surface area contributed by atoms with E-state index in [1.807, 2.05) is 6.92 Å². The average molecular weight is 682 g/mol. The van der Waals surface area contributed by atoms with Crippen molar-refractivity contribution in [3.05, 3.63) is 93.7 Å². The van der Waals surface area contributed by atoms with Crippen molar-refractivity contribution in [1.82, 2.24) is 15.1 Å². The first kappa shape index (κ1) is 39.9. The first-order valence-electron chi connectivity index (χ1n) is 15.4. The Hall–Kier alpha value is -5.24. The maximum Gasteiger partial charge on any atom is 0.412 e. The fourth-order valence-corrected chi connectivity index (χ4v) is 6.18. The zero-order chi connectivity index (χ0) is 37.4. The second kappa shape index (κ2) is 16.7. The van der Waals surface area contributed by atoms with Crippen molar-refractivity contribution in [2.24, 2.45) is 22.7 Å². The Kier molecular flexibility index (Phi) is 13.6. The zero-order valence-corrected chi connectivity index (χ0v) is 29.1. The number of hydrogen-bond donors (Lipinski definition) is 5. The Morgan fingerprint density at radius 2 is 1.69 bits per heavy atom. The third kappa shape index (κ3) is 9.44. The van der Waals surface area contributed by atoms with Crippen LogP contribution in [0, 0.1) is 23.7 Å². The fourth-order valence-electron chi connectivity index (χ4n) is 6.18. The number of likely N-dealkylation sites (N-methyl/N-ethyl adjacent to an activating group) is 2. The standard InChI is InChI=1S/C35H47N5O9/c1-19-10-12-26(13-11-19)49-34(47)37-18-25(22(4)42)17-28(39(6)7)20(2)14-24(15-21(3)41)16-27-30(40(8)9)31(44)29(33(36)46)32(45)35(27,38-48)23(5)43/h10-13,17,24,27,30,42-43,45H,4-5,14-16,18H2,1-3,6-9H3,(H2,36,46)(H,37,47)/b25-17-,28-20-/t24-,27+,30+,35-/m1/s1. The number of amides is 2. The van der Waals surface area contributed by atoms with E-state index in [-0.39, 0.29) is 42.9 Å². The molecule has 1 aromatic carbocycles. The van der Waals surface area contributed by atoms with Gasteiger partial charge in [-0.1, -0.05) is 30.9 Å². The number of primary amides is 1. The molecular formula is C35H47N5O9. The second-order valence-corrected chi connectivity index (χ2v) is 12.7. The first-order valence-corrected chi connectivity index (χ1v) is 15.4. The fraction of sp³-hybridized carbons (Fsp3) is 0.429. The number of nitrogens with one attached hydrogen (secondary N) is 1. The summed E-state index contributed by atoms with van der Waals surface area (Å²) in [6.07, 6.45) is 0.920. The lowest BCUT2D eigenvalue weighted by atomic mass is 9.64. The van der Waals surface area contributed by atoms with Gasteiger partial charge in [0.05, 0.1) is 6.04 Å². The van der Waals surface area contributed by atoms with Gasteiger partial charge in [-0.05, 0) is 82.6 Å². The van der Waals surface area contributed by atoms with Crippen LogP contribution in [-0.2, 0) is 14.4 Å². The summed E-state index contributed by atoms with van der Waals surface area (Å²) in [6.45, 7) is 12.0. The molecule has 2 rings (SSSR count). The van der Waals surface area contributed by atoms with Gasteiger partial charge < -0.3 is 40.8 Å². The molecule has 1 aromatic rings. The highest BCUT2D eigenvalue weighted by Gasteiger charge is 2.60. The Labute approximate surface area is 286 Å². The summed E-state index contributed by atoms with van der Waals surface area (Å²) in [5.74, 6) is -6.21. The molecule has 0 saturated carbocycles. The topological polar surface area (TPSA) is 212 Å². The number of aryl methyl sites for hydroxylation is 1. The van der Waals surface area contributed by atoms with Crippen LogP contribution in [0.1, 0.15) is 38.7 Å². The number of rotatable bonds is 16. The molecule has 266 valence electrons. The number of allylic oxidation sites excluding steroid dienone is 2. The van der Waals surface area contributed by atoms with Crippen molar-refractivity contribution in [2.75, 3.05) is 34.7 Å². The minimum Gasteiger partial charge on any atom is -0.510 e. The number of nitrogens with two attached hydrogens (primary N) is 1. The quantitative estimate of drug-likeness (QED) is 0.0718. The SMILES string of the molecule is C=C(O)/C(=C\C(=C(/C)C[C@H](CC(C)=O)C[C@H]1[C@H](N(C)C)C(=O)C(C(N)=O)=C(O)[C@@]1(N=O)C(=C)O)N(C)C)CNC(=O)Oc1ccc(C)cc1. The molecule has 4 atom stereocenters. The van der Waals surface area contributed by atoms with E-state index >= 15 is 0 Å². The van der Waals surface area contributed by atoms with Gasteiger partial charge >= 0.3 is 6.09 Å². The van der Waals surface area contributed by atoms with Gasteiger partial charge in [0.25, 0.3) is 5.91 Å². The van der Waals surface area contributed by atoms with E-state index < -0.39 is 58.3 Å². The minimum absolute atomic E-state index is 0.0292. The lowest BCUT2D eigenvalue weighted by Gasteiger charge is -2.45. The molecule has 0 aromatic heterocycles. The number of aliphatic hydroxyl groups is 3. The van der Waals surface area contributed by atoms with E-state index in [1.165, 1.54) is 25.9 Å². The molecule has 0 saturated heterocycles. The predicted molar refractivity (Wildman–Crippen MR) is 185 cm³/mol. The first-order chi connectivity index (χ1) is 22.8. The van der Waals surface area contributed by atoms with Gasteiger partial charge in [0.15, 0.2) is 5.78 Å². The molecule has 0 aliphatic heterocycles. The van der Waals surface area contributed by atoms with E-state index in [0.717, 1.165) is 5.56 Å². The number of ether oxygens (including phenoxy) is 1. The van der Waals surface area contributed by atoms with Gasteiger partial charge in [-0.3, -0.25) is 14.5 Å². The van der Waals surface area contributed by atoms with Crippen LogP contribution in [0.2, 0.25) is 0 Å². The van der Waals surface area contributed by atoms with Crippen LogP contribution in [0.5, 0.6) is 5.75 Å². The van der Waals surface area contributed by atoms with Crippen LogP contribution in [0.4, 0.5) is 4.79 Å². The Morgan fingerprint density at radius 1 is 1.10 bits per heavy atom. The highest BCUT2D eigenvalue weighted by molar-refractivity contribution is 6.22. The number of carbonyl (C=O) groups is 4. The summed E-state index contributed by atoms with van der Waals surface area (Å²) >= 11 is 0. The summed E-state index contributed by atoms with van der Waals surface area (Å²) in [4.78, 5) is 66.4. The lowest BCUT2D eigenvalue weighted by Crippen LogP contribution is -2.59. The molecule has 14 nitrogen and oxygen atoms in total. The second-order valence-electron chi connectivity index (χ2n) is 12.7. The molecule has 49 heavy (non-hydrogen) atoms. The van der Waals surface area contributed by atoms with Crippen LogP contribution >= 0.6 is 0 Å². The highest BCUT2D eigenvalue weighted by Crippen LogP contribution is 2.47. The average Bonchev–Trinajstić information content (AvgIpc) is 2.97. The number of ketones is 2. The molecule has 0 bridgehead atoms. The highest BCUT2D eigenvalue weighted by atomic mass is 16.6. The molecule has 0 spiro atoms. The number of Topliss-reactive ketones (excluding diaryl/α,β-unsaturated/α-hetero) is 2. The third-order valence-electron chi connectivity index (χ3n) is 8.43. The zero-order valence-electron chi connectivity index (χ0n) is 29.1. The van der Waals surface area contributed by atoms with Crippen molar-refractivity contribution < 1.29 is 39.2 Å².